The molecule has 1 aliphatic rings. The van der Waals surface area contributed by atoms with Gasteiger partial charge in [0, 0.05) is 0 Å². The second-order valence-corrected chi connectivity index (χ2v) is 7.42. The number of ether oxygens (including phenoxy) is 1. The number of fused-ring (bicyclic) bond motifs is 1. The highest BCUT2D eigenvalue weighted by Gasteiger charge is 2.35. The maximum absolute atomic E-state index is 13.1. The molecule has 1 unspecified atom stereocenters. The topological polar surface area (TPSA) is 29.5 Å². The molecular formula is C23H25NO2. The summed E-state index contributed by atoms with van der Waals surface area (Å²) in [7, 11) is 0. The minimum Gasteiger partial charge on any atom is -0.443 e. The van der Waals surface area contributed by atoms with Gasteiger partial charge >= 0.3 is 6.09 Å². The van der Waals surface area contributed by atoms with Crippen LogP contribution in [0.1, 0.15) is 49.9 Å². The number of benzene rings is 2. The van der Waals surface area contributed by atoms with Crippen molar-refractivity contribution < 1.29 is 9.53 Å². The molecule has 3 rings (SSSR count). The molecule has 2 aromatic carbocycles. The minimum absolute atomic E-state index is 0.140. The molecule has 2 aromatic rings. The van der Waals surface area contributed by atoms with E-state index in [-0.39, 0.29) is 12.1 Å². The molecule has 0 bridgehead atoms. The second-order valence-electron chi connectivity index (χ2n) is 7.42. The lowest BCUT2D eigenvalue weighted by Crippen LogP contribution is -2.39. The van der Waals surface area contributed by atoms with Crippen molar-refractivity contribution in [3.8, 4) is 0 Å². The fraction of sp³-hybridized carbons (Fsp3) is 0.261. The Morgan fingerprint density at radius 2 is 1.77 bits per heavy atom. The molecule has 0 N–H and O–H groups in total. The van der Waals surface area contributed by atoms with Crippen molar-refractivity contribution in [2.24, 2.45) is 0 Å². The molecule has 1 aliphatic heterocycles. The summed E-state index contributed by atoms with van der Waals surface area (Å²) in [5.41, 5.74) is 3.51. The van der Waals surface area contributed by atoms with Gasteiger partial charge in [0.1, 0.15) is 5.60 Å². The standard InChI is InChI=1S/C23H25NO2/c1-5-11-20-19-15-10-9-14-18(19)16-21(17-12-7-6-8-13-17)24(20)22(25)26-23(2,3)4/h5-10,12-16,20H,1,11H2,2-4H3. The highest BCUT2D eigenvalue weighted by molar-refractivity contribution is 5.92. The summed E-state index contributed by atoms with van der Waals surface area (Å²) in [5.74, 6) is 0. The molecule has 1 amide bonds. The van der Waals surface area contributed by atoms with Gasteiger partial charge in [-0.3, -0.25) is 4.90 Å². The van der Waals surface area contributed by atoms with Crippen LogP contribution in [-0.4, -0.2) is 16.6 Å². The Morgan fingerprint density at radius 3 is 2.42 bits per heavy atom. The van der Waals surface area contributed by atoms with Crippen LogP contribution < -0.4 is 0 Å². The molecule has 0 saturated heterocycles. The van der Waals surface area contributed by atoms with Gasteiger partial charge in [0.15, 0.2) is 0 Å². The Kier molecular flexibility index (Phi) is 4.99. The highest BCUT2D eigenvalue weighted by Crippen LogP contribution is 2.41. The van der Waals surface area contributed by atoms with Gasteiger partial charge in [-0.2, -0.15) is 0 Å². The van der Waals surface area contributed by atoms with Crippen molar-refractivity contribution in [1.82, 2.24) is 4.90 Å². The van der Waals surface area contributed by atoms with Gasteiger partial charge in [0.25, 0.3) is 0 Å². The summed E-state index contributed by atoms with van der Waals surface area (Å²) in [5, 5.41) is 0. The SMILES string of the molecule is C=CCC1c2ccccc2C=C(c2ccccc2)N1C(=O)OC(C)(C)C. The summed E-state index contributed by atoms with van der Waals surface area (Å²) in [6.45, 7) is 9.55. The van der Waals surface area contributed by atoms with E-state index in [0.717, 1.165) is 22.4 Å². The van der Waals surface area contributed by atoms with E-state index in [4.69, 9.17) is 4.74 Å². The lowest BCUT2D eigenvalue weighted by Gasteiger charge is -2.38. The molecule has 1 heterocycles. The molecule has 0 fully saturated rings. The number of carbonyl (C=O) groups is 1. The Bertz CT molecular complexity index is 831. The molecule has 26 heavy (non-hydrogen) atoms. The quantitative estimate of drug-likeness (QED) is 0.632. The lowest BCUT2D eigenvalue weighted by molar-refractivity contribution is 0.0289. The largest absolute Gasteiger partial charge is 0.443 e. The maximum atomic E-state index is 13.1. The molecule has 3 nitrogen and oxygen atoms in total. The third-order valence-corrected chi connectivity index (χ3v) is 4.27. The van der Waals surface area contributed by atoms with Crippen molar-refractivity contribution in [2.75, 3.05) is 0 Å². The van der Waals surface area contributed by atoms with Crippen LogP contribution in [0.4, 0.5) is 4.79 Å². The first-order chi connectivity index (χ1) is 12.4. The van der Waals surface area contributed by atoms with E-state index in [1.54, 1.807) is 4.90 Å². The van der Waals surface area contributed by atoms with Crippen LogP contribution in [0.2, 0.25) is 0 Å². The smallest absolute Gasteiger partial charge is 0.415 e. The third kappa shape index (κ3) is 3.72. The Morgan fingerprint density at radius 1 is 1.12 bits per heavy atom. The molecule has 0 saturated carbocycles. The van der Waals surface area contributed by atoms with Crippen LogP contribution in [0.25, 0.3) is 11.8 Å². The van der Waals surface area contributed by atoms with Crippen molar-refractivity contribution in [2.45, 2.75) is 38.8 Å². The zero-order valence-corrected chi connectivity index (χ0v) is 15.6. The first-order valence-corrected chi connectivity index (χ1v) is 8.90. The van der Waals surface area contributed by atoms with Gasteiger partial charge in [-0.15, -0.1) is 6.58 Å². The summed E-state index contributed by atoms with van der Waals surface area (Å²) < 4.78 is 5.73. The number of nitrogens with zero attached hydrogens (tertiary/aromatic N) is 1. The van der Waals surface area contributed by atoms with Gasteiger partial charge in [-0.25, -0.2) is 4.79 Å². The predicted molar refractivity (Wildman–Crippen MR) is 106 cm³/mol. The van der Waals surface area contributed by atoms with E-state index in [2.05, 4.69) is 24.8 Å². The first kappa shape index (κ1) is 18.0. The molecule has 0 spiro atoms. The van der Waals surface area contributed by atoms with E-state index < -0.39 is 5.60 Å². The number of hydrogen-bond acceptors (Lipinski definition) is 2. The average molecular weight is 347 g/mol. The monoisotopic (exact) mass is 347 g/mol. The molecule has 3 heteroatoms. The summed E-state index contributed by atoms with van der Waals surface area (Å²) in [6, 6.07) is 18.0. The summed E-state index contributed by atoms with van der Waals surface area (Å²) in [4.78, 5) is 14.9. The summed E-state index contributed by atoms with van der Waals surface area (Å²) >= 11 is 0. The Hall–Kier alpha value is -2.81. The van der Waals surface area contributed by atoms with Gasteiger partial charge in [-0.05, 0) is 50.0 Å². The zero-order valence-electron chi connectivity index (χ0n) is 15.6. The first-order valence-electron chi connectivity index (χ1n) is 8.90. The van der Waals surface area contributed by atoms with Crippen molar-refractivity contribution in [3.63, 3.8) is 0 Å². The van der Waals surface area contributed by atoms with Gasteiger partial charge in [-0.1, -0.05) is 60.7 Å². The van der Waals surface area contributed by atoms with Crippen LogP contribution in [0.3, 0.4) is 0 Å². The van der Waals surface area contributed by atoms with Crippen LogP contribution in [0.5, 0.6) is 0 Å². The predicted octanol–water partition coefficient (Wildman–Crippen LogP) is 6.05. The third-order valence-electron chi connectivity index (χ3n) is 4.27. The fourth-order valence-corrected chi connectivity index (χ4v) is 3.23. The summed E-state index contributed by atoms with van der Waals surface area (Å²) in [6.07, 6.45) is 4.23. The molecule has 1 atom stereocenters. The van der Waals surface area contributed by atoms with Crippen LogP contribution in [0, 0.1) is 0 Å². The van der Waals surface area contributed by atoms with Crippen molar-refractivity contribution in [3.05, 3.63) is 83.9 Å². The highest BCUT2D eigenvalue weighted by atomic mass is 16.6. The normalized spacial score (nSPS) is 16.5. The van der Waals surface area contributed by atoms with E-state index in [1.165, 1.54) is 0 Å². The zero-order chi connectivity index (χ0) is 18.7. The van der Waals surface area contributed by atoms with Gasteiger partial charge in [0.2, 0.25) is 0 Å². The van der Waals surface area contributed by atoms with E-state index in [0.29, 0.717) is 6.42 Å². The molecule has 0 aliphatic carbocycles. The van der Waals surface area contributed by atoms with Crippen LogP contribution >= 0.6 is 0 Å². The average Bonchev–Trinajstić information content (AvgIpc) is 2.60. The number of amides is 1. The number of hydrogen-bond donors (Lipinski definition) is 0. The minimum atomic E-state index is -0.561. The molecule has 134 valence electrons. The lowest BCUT2D eigenvalue weighted by atomic mass is 9.90. The molecule has 0 aromatic heterocycles. The Labute approximate surface area is 155 Å². The van der Waals surface area contributed by atoms with Crippen LogP contribution in [-0.2, 0) is 4.74 Å². The Balaban J connectivity index is 2.15. The fourth-order valence-electron chi connectivity index (χ4n) is 3.23. The van der Waals surface area contributed by atoms with Crippen molar-refractivity contribution >= 4 is 17.9 Å². The number of carbonyl (C=O) groups excluding carboxylic acids is 1. The van der Waals surface area contributed by atoms with E-state index in [1.807, 2.05) is 69.3 Å². The number of rotatable bonds is 3. The van der Waals surface area contributed by atoms with E-state index in [9.17, 15) is 4.79 Å². The van der Waals surface area contributed by atoms with Gasteiger partial charge < -0.3 is 4.74 Å². The maximum Gasteiger partial charge on any atom is 0.415 e. The molecule has 0 radical (unpaired) electrons. The van der Waals surface area contributed by atoms with E-state index >= 15 is 0 Å². The molecular weight excluding hydrogens is 322 g/mol. The van der Waals surface area contributed by atoms with Crippen molar-refractivity contribution in [1.29, 1.82) is 0 Å². The second kappa shape index (κ2) is 7.20. The van der Waals surface area contributed by atoms with Crippen LogP contribution in [0.15, 0.2) is 67.3 Å². The van der Waals surface area contributed by atoms with Gasteiger partial charge in [0.05, 0.1) is 11.7 Å².